The molecule has 2 aromatic rings. The Balaban J connectivity index is 2.81. The second kappa shape index (κ2) is 4.73. The van der Waals surface area contributed by atoms with Crippen molar-refractivity contribution in [2.75, 3.05) is 5.73 Å². The third-order valence-electron chi connectivity index (χ3n) is 2.50. The van der Waals surface area contributed by atoms with Gasteiger partial charge in [-0.1, -0.05) is 18.2 Å². The van der Waals surface area contributed by atoms with Crippen molar-refractivity contribution in [3.8, 4) is 11.1 Å². The molecule has 0 bridgehead atoms. The van der Waals surface area contributed by atoms with Crippen LogP contribution in [0.25, 0.3) is 11.1 Å². The number of halogens is 2. The van der Waals surface area contributed by atoms with Crippen LogP contribution in [-0.2, 0) is 0 Å². The summed E-state index contributed by atoms with van der Waals surface area (Å²) < 4.78 is 13.6. The molecule has 0 saturated heterocycles. The molecular weight excluding hydrogens is 303 g/mol. The number of nitro groups is 1. The molecule has 0 saturated carbocycles. The maximum Gasteiger partial charge on any atom is 0.278 e. The Hall–Kier alpha value is -1.95. The van der Waals surface area contributed by atoms with Gasteiger partial charge in [0.15, 0.2) is 0 Å². The maximum atomic E-state index is 13.5. The average molecular weight is 311 g/mol. The Morgan fingerprint density at radius 2 is 1.89 bits per heavy atom. The minimum atomic E-state index is -0.571. The summed E-state index contributed by atoms with van der Waals surface area (Å²) in [5.41, 5.74) is 6.51. The first kappa shape index (κ1) is 12.5. The van der Waals surface area contributed by atoms with Crippen molar-refractivity contribution in [1.29, 1.82) is 0 Å². The van der Waals surface area contributed by atoms with E-state index in [-0.39, 0.29) is 15.7 Å². The fourth-order valence-corrected chi connectivity index (χ4v) is 2.22. The van der Waals surface area contributed by atoms with E-state index in [2.05, 4.69) is 15.9 Å². The van der Waals surface area contributed by atoms with Crippen LogP contribution in [0.1, 0.15) is 0 Å². The van der Waals surface area contributed by atoms with Crippen molar-refractivity contribution in [2.45, 2.75) is 0 Å². The van der Waals surface area contributed by atoms with Gasteiger partial charge in [-0.3, -0.25) is 10.1 Å². The fraction of sp³-hybridized carbons (Fsp3) is 0. The largest absolute Gasteiger partial charge is 0.398 e. The normalized spacial score (nSPS) is 10.3. The number of hydrogen-bond acceptors (Lipinski definition) is 3. The smallest absolute Gasteiger partial charge is 0.278 e. The lowest BCUT2D eigenvalue weighted by atomic mass is 10.0. The van der Waals surface area contributed by atoms with E-state index in [0.717, 1.165) is 12.1 Å². The van der Waals surface area contributed by atoms with Crippen molar-refractivity contribution >= 4 is 27.3 Å². The average Bonchev–Trinajstić information content (AvgIpc) is 2.33. The minimum Gasteiger partial charge on any atom is -0.398 e. The SMILES string of the molecule is Nc1ccccc1-c1c([N+](=O)[O-])ccc(F)c1Br. The van der Waals surface area contributed by atoms with Crippen LogP contribution in [0, 0.1) is 15.9 Å². The lowest BCUT2D eigenvalue weighted by Gasteiger charge is -2.09. The first-order valence-electron chi connectivity index (χ1n) is 4.99. The molecule has 2 aromatic carbocycles. The van der Waals surface area contributed by atoms with E-state index < -0.39 is 10.7 Å². The van der Waals surface area contributed by atoms with E-state index in [1.165, 1.54) is 0 Å². The number of para-hydroxylation sites is 1. The van der Waals surface area contributed by atoms with Gasteiger partial charge in [0.05, 0.1) is 15.0 Å². The summed E-state index contributed by atoms with van der Waals surface area (Å²) >= 11 is 3.04. The molecule has 2 N–H and O–H groups in total. The molecule has 0 heterocycles. The van der Waals surface area contributed by atoms with Gasteiger partial charge in [-0.25, -0.2) is 4.39 Å². The Kier molecular flexibility index (Phi) is 3.29. The topological polar surface area (TPSA) is 69.2 Å². The number of benzene rings is 2. The summed E-state index contributed by atoms with van der Waals surface area (Å²) in [5, 5.41) is 11.0. The molecule has 2 rings (SSSR count). The second-order valence-electron chi connectivity index (χ2n) is 3.60. The summed E-state index contributed by atoms with van der Waals surface area (Å²) in [4.78, 5) is 10.4. The first-order valence-corrected chi connectivity index (χ1v) is 5.79. The molecular formula is C12H8BrFN2O2. The van der Waals surface area contributed by atoms with E-state index in [1.54, 1.807) is 24.3 Å². The number of nitrogens with two attached hydrogens (primary N) is 1. The van der Waals surface area contributed by atoms with Crippen LogP contribution in [0.2, 0.25) is 0 Å². The number of rotatable bonds is 2. The quantitative estimate of drug-likeness (QED) is 0.522. The summed E-state index contributed by atoms with van der Waals surface area (Å²) in [5.74, 6) is -0.571. The summed E-state index contributed by atoms with van der Waals surface area (Å²) in [7, 11) is 0. The number of anilines is 1. The predicted molar refractivity (Wildman–Crippen MR) is 70.6 cm³/mol. The monoisotopic (exact) mass is 310 g/mol. The second-order valence-corrected chi connectivity index (χ2v) is 4.39. The van der Waals surface area contributed by atoms with Gasteiger partial charge in [0, 0.05) is 17.3 Å². The standard InChI is InChI=1S/C12H8BrFN2O2/c13-12-8(14)5-6-10(16(17)18)11(12)7-3-1-2-4-9(7)15/h1-6H,15H2. The molecule has 0 aliphatic carbocycles. The van der Waals surface area contributed by atoms with Gasteiger partial charge in [-0.15, -0.1) is 0 Å². The van der Waals surface area contributed by atoms with Gasteiger partial charge in [-0.2, -0.15) is 0 Å². The molecule has 0 aromatic heterocycles. The molecule has 0 fully saturated rings. The van der Waals surface area contributed by atoms with Crippen LogP contribution >= 0.6 is 15.9 Å². The highest BCUT2D eigenvalue weighted by molar-refractivity contribution is 9.10. The van der Waals surface area contributed by atoms with Crippen molar-refractivity contribution in [3.05, 3.63) is 56.8 Å². The van der Waals surface area contributed by atoms with Gasteiger partial charge in [0.2, 0.25) is 0 Å². The molecule has 0 atom stereocenters. The van der Waals surface area contributed by atoms with E-state index in [4.69, 9.17) is 5.73 Å². The molecule has 0 unspecified atom stereocenters. The van der Waals surface area contributed by atoms with Crippen LogP contribution in [-0.4, -0.2) is 4.92 Å². The van der Waals surface area contributed by atoms with Crippen LogP contribution in [0.4, 0.5) is 15.8 Å². The van der Waals surface area contributed by atoms with E-state index in [0.29, 0.717) is 11.3 Å². The highest BCUT2D eigenvalue weighted by atomic mass is 79.9. The lowest BCUT2D eigenvalue weighted by Crippen LogP contribution is -1.97. The van der Waals surface area contributed by atoms with Gasteiger partial charge in [0.1, 0.15) is 5.82 Å². The molecule has 0 aliphatic heterocycles. The van der Waals surface area contributed by atoms with Crippen LogP contribution in [0.5, 0.6) is 0 Å². The number of nitrogen functional groups attached to an aromatic ring is 1. The molecule has 4 nitrogen and oxygen atoms in total. The van der Waals surface area contributed by atoms with E-state index in [1.807, 2.05) is 0 Å². The van der Waals surface area contributed by atoms with Crippen molar-refractivity contribution in [3.63, 3.8) is 0 Å². The maximum absolute atomic E-state index is 13.5. The third-order valence-corrected chi connectivity index (χ3v) is 3.27. The molecule has 0 radical (unpaired) electrons. The molecule has 18 heavy (non-hydrogen) atoms. The highest BCUT2D eigenvalue weighted by Gasteiger charge is 2.22. The Labute approximate surface area is 111 Å². The lowest BCUT2D eigenvalue weighted by molar-refractivity contribution is -0.384. The zero-order valence-corrected chi connectivity index (χ0v) is 10.6. The van der Waals surface area contributed by atoms with Crippen LogP contribution < -0.4 is 5.73 Å². The molecule has 92 valence electrons. The predicted octanol–water partition coefficient (Wildman–Crippen LogP) is 3.75. The number of hydrogen-bond donors (Lipinski definition) is 1. The molecule has 0 aliphatic rings. The summed E-state index contributed by atoms with van der Waals surface area (Å²) in [6.45, 7) is 0. The van der Waals surface area contributed by atoms with Crippen molar-refractivity contribution in [1.82, 2.24) is 0 Å². The third kappa shape index (κ3) is 2.06. The minimum absolute atomic E-state index is 0.0367. The van der Waals surface area contributed by atoms with Gasteiger partial charge in [0.25, 0.3) is 5.69 Å². The highest BCUT2D eigenvalue weighted by Crippen LogP contribution is 2.40. The van der Waals surface area contributed by atoms with E-state index in [9.17, 15) is 14.5 Å². The fourth-order valence-electron chi connectivity index (χ4n) is 1.67. The molecule has 6 heteroatoms. The van der Waals surface area contributed by atoms with E-state index >= 15 is 0 Å². The molecule has 0 amide bonds. The molecule has 0 spiro atoms. The summed E-state index contributed by atoms with van der Waals surface area (Å²) in [6.07, 6.45) is 0. The Morgan fingerprint density at radius 3 is 2.50 bits per heavy atom. The van der Waals surface area contributed by atoms with Crippen LogP contribution in [0.3, 0.4) is 0 Å². The summed E-state index contributed by atoms with van der Waals surface area (Å²) in [6, 6.07) is 8.79. The first-order chi connectivity index (χ1) is 8.52. The van der Waals surface area contributed by atoms with Gasteiger partial charge < -0.3 is 5.73 Å². The zero-order chi connectivity index (χ0) is 13.3. The Morgan fingerprint density at radius 1 is 1.22 bits per heavy atom. The zero-order valence-electron chi connectivity index (χ0n) is 9.06. The van der Waals surface area contributed by atoms with Crippen LogP contribution in [0.15, 0.2) is 40.9 Å². The van der Waals surface area contributed by atoms with Gasteiger partial charge in [-0.05, 0) is 28.1 Å². The Bertz CT molecular complexity index is 631. The number of nitrogens with zero attached hydrogens (tertiary/aromatic N) is 1. The number of nitro benzene ring substituents is 1. The van der Waals surface area contributed by atoms with Gasteiger partial charge >= 0.3 is 0 Å². The van der Waals surface area contributed by atoms with Crippen molar-refractivity contribution < 1.29 is 9.31 Å². The van der Waals surface area contributed by atoms with Crippen molar-refractivity contribution in [2.24, 2.45) is 0 Å².